The molecule has 2 atom stereocenters. The number of hydrogen-bond acceptors (Lipinski definition) is 3. The number of hydrogen-bond donors (Lipinski definition) is 3. The van der Waals surface area contributed by atoms with Crippen molar-refractivity contribution in [2.45, 2.75) is 19.1 Å². The summed E-state index contributed by atoms with van der Waals surface area (Å²) in [6.45, 7) is 0.419. The number of aliphatic hydroxyl groups is 1. The molecule has 5 nitrogen and oxygen atoms in total. The number of carbonyl (C=O) groups excluding carboxylic acids is 2. The molecule has 2 amide bonds. The van der Waals surface area contributed by atoms with E-state index in [2.05, 4.69) is 10.6 Å². The van der Waals surface area contributed by atoms with Crippen LogP contribution in [0.4, 0.5) is 4.39 Å². The average Bonchev–Trinajstić information content (AvgIpc) is 2.37. The zero-order valence-electron chi connectivity index (χ0n) is 10.5. The molecule has 0 spiro atoms. The van der Waals surface area contributed by atoms with Gasteiger partial charge in [-0.3, -0.25) is 9.59 Å². The van der Waals surface area contributed by atoms with Crippen LogP contribution in [0.25, 0.3) is 0 Å². The maximum absolute atomic E-state index is 12.9. The minimum atomic E-state index is -1.12. The van der Waals surface area contributed by atoms with E-state index < -0.39 is 29.7 Å². The van der Waals surface area contributed by atoms with E-state index in [0.29, 0.717) is 18.5 Å². The standard InChI is InChI=1S/C13H14ClFN2O3/c14-9-5-8(15)2-1-7(9)6-17-13(20)11-10(18)3-4-16-12(11)19/h1-2,5,10-11,18H,3-4,6H2,(H,16,19)(H,17,20). The molecule has 1 aliphatic rings. The fourth-order valence-corrected chi connectivity index (χ4v) is 2.28. The lowest BCUT2D eigenvalue weighted by Gasteiger charge is -2.26. The van der Waals surface area contributed by atoms with Gasteiger partial charge < -0.3 is 15.7 Å². The van der Waals surface area contributed by atoms with Crippen molar-refractivity contribution in [2.75, 3.05) is 6.54 Å². The third-order valence-corrected chi connectivity index (χ3v) is 3.51. The molecule has 7 heteroatoms. The number of nitrogens with one attached hydrogen (secondary N) is 2. The van der Waals surface area contributed by atoms with Gasteiger partial charge in [-0.15, -0.1) is 0 Å². The lowest BCUT2D eigenvalue weighted by Crippen LogP contribution is -2.51. The number of benzene rings is 1. The van der Waals surface area contributed by atoms with Gasteiger partial charge in [0.1, 0.15) is 11.7 Å². The zero-order valence-corrected chi connectivity index (χ0v) is 11.3. The van der Waals surface area contributed by atoms with E-state index in [-0.39, 0.29) is 11.6 Å². The topological polar surface area (TPSA) is 78.4 Å². The summed E-state index contributed by atoms with van der Waals surface area (Å²) in [5, 5.41) is 14.9. The van der Waals surface area contributed by atoms with Crippen LogP contribution in [0.3, 0.4) is 0 Å². The first-order valence-electron chi connectivity index (χ1n) is 6.16. The first kappa shape index (κ1) is 14.7. The highest BCUT2D eigenvalue weighted by atomic mass is 35.5. The molecule has 20 heavy (non-hydrogen) atoms. The molecule has 1 aliphatic heterocycles. The molecule has 1 saturated heterocycles. The van der Waals surface area contributed by atoms with Crippen molar-refractivity contribution in [2.24, 2.45) is 5.92 Å². The SMILES string of the molecule is O=C1NCCC(O)C1C(=O)NCc1ccc(F)cc1Cl. The van der Waals surface area contributed by atoms with Crippen molar-refractivity contribution >= 4 is 23.4 Å². The predicted octanol–water partition coefficient (Wildman–Crippen LogP) is 0.592. The lowest BCUT2D eigenvalue weighted by atomic mass is 9.94. The van der Waals surface area contributed by atoms with E-state index >= 15 is 0 Å². The Labute approximate surface area is 120 Å². The Hall–Kier alpha value is -1.66. The highest BCUT2D eigenvalue weighted by Gasteiger charge is 2.36. The average molecular weight is 301 g/mol. The first-order chi connectivity index (χ1) is 9.49. The molecule has 0 aromatic heterocycles. The maximum atomic E-state index is 12.9. The molecule has 108 valence electrons. The van der Waals surface area contributed by atoms with Crippen molar-refractivity contribution in [1.82, 2.24) is 10.6 Å². The van der Waals surface area contributed by atoms with E-state index in [4.69, 9.17) is 11.6 Å². The summed E-state index contributed by atoms with van der Waals surface area (Å²) in [6, 6.07) is 3.83. The van der Waals surface area contributed by atoms with Gasteiger partial charge in [-0.25, -0.2) is 4.39 Å². The lowest BCUT2D eigenvalue weighted by molar-refractivity contribution is -0.142. The van der Waals surface area contributed by atoms with Crippen LogP contribution in [0.5, 0.6) is 0 Å². The van der Waals surface area contributed by atoms with Crippen LogP contribution < -0.4 is 10.6 Å². The second-order valence-corrected chi connectivity index (χ2v) is 4.99. The molecule has 1 aromatic carbocycles. The third-order valence-electron chi connectivity index (χ3n) is 3.16. The molecule has 3 N–H and O–H groups in total. The minimum absolute atomic E-state index is 0.0639. The van der Waals surface area contributed by atoms with Crippen molar-refractivity contribution in [3.8, 4) is 0 Å². The number of amides is 2. The Bertz CT molecular complexity index is 538. The molecule has 0 bridgehead atoms. The largest absolute Gasteiger partial charge is 0.392 e. The molecule has 0 saturated carbocycles. The summed E-state index contributed by atoms with van der Waals surface area (Å²) < 4.78 is 12.9. The fraction of sp³-hybridized carbons (Fsp3) is 0.385. The highest BCUT2D eigenvalue weighted by Crippen LogP contribution is 2.18. The maximum Gasteiger partial charge on any atom is 0.235 e. The van der Waals surface area contributed by atoms with Crippen molar-refractivity contribution in [3.05, 3.63) is 34.6 Å². The Morgan fingerprint density at radius 1 is 1.55 bits per heavy atom. The quantitative estimate of drug-likeness (QED) is 0.715. The minimum Gasteiger partial charge on any atom is -0.392 e. The second-order valence-electron chi connectivity index (χ2n) is 4.58. The summed E-state index contributed by atoms with van der Waals surface area (Å²) >= 11 is 5.84. The molecule has 1 heterocycles. The van der Waals surface area contributed by atoms with E-state index in [1.54, 1.807) is 0 Å². The van der Waals surface area contributed by atoms with Crippen LogP contribution in [-0.4, -0.2) is 29.6 Å². The van der Waals surface area contributed by atoms with Gasteiger partial charge in [-0.1, -0.05) is 17.7 Å². The predicted molar refractivity (Wildman–Crippen MR) is 70.4 cm³/mol. The summed E-state index contributed by atoms with van der Waals surface area (Å²) in [4.78, 5) is 23.5. The Morgan fingerprint density at radius 3 is 2.95 bits per heavy atom. The van der Waals surface area contributed by atoms with Crippen molar-refractivity contribution in [1.29, 1.82) is 0 Å². The second kappa shape index (κ2) is 6.19. The molecular formula is C13H14ClFN2O3. The van der Waals surface area contributed by atoms with Crippen LogP contribution in [0.1, 0.15) is 12.0 Å². The number of rotatable bonds is 3. The van der Waals surface area contributed by atoms with Gasteiger partial charge in [-0.2, -0.15) is 0 Å². The smallest absolute Gasteiger partial charge is 0.235 e. The number of carbonyl (C=O) groups is 2. The number of halogens is 2. The van der Waals surface area contributed by atoms with Crippen LogP contribution in [0, 0.1) is 11.7 Å². The van der Waals surface area contributed by atoms with Gasteiger partial charge in [0.15, 0.2) is 0 Å². The van der Waals surface area contributed by atoms with Gasteiger partial charge in [-0.05, 0) is 24.1 Å². The van der Waals surface area contributed by atoms with Gasteiger partial charge >= 0.3 is 0 Å². The molecule has 2 unspecified atom stereocenters. The Kier molecular flexibility index (Phi) is 4.57. The van der Waals surface area contributed by atoms with E-state index in [1.807, 2.05) is 0 Å². The summed E-state index contributed by atoms with van der Waals surface area (Å²) in [7, 11) is 0. The van der Waals surface area contributed by atoms with Gasteiger partial charge in [0, 0.05) is 18.1 Å². The molecule has 1 fully saturated rings. The molecule has 0 aliphatic carbocycles. The molecule has 0 radical (unpaired) electrons. The third kappa shape index (κ3) is 3.26. The number of aliphatic hydroxyl groups excluding tert-OH is 1. The van der Waals surface area contributed by atoms with E-state index in [1.165, 1.54) is 12.1 Å². The summed E-state index contributed by atoms with van der Waals surface area (Å²) in [5.41, 5.74) is 0.534. The molecular weight excluding hydrogens is 287 g/mol. The monoisotopic (exact) mass is 300 g/mol. The highest BCUT2D eigenvalue weighted by molar-refractivity contribution is 6.31. The van der Waals surface area contributed by atoms with E-state index in [9.17, 15) is 19.1 Å². The fourth-order valence-electron chi connectivity index (χ4n) is 2.05. The molecule has 1 aromatic rings. The normalized spacial score (nSPS) is 22.2. The van der Waals surface area contributed by atoms with Crippen LogP contribution in [0.2, 0.25) is 5.02 Å². The van der Waals surface area contributed by atoms with Crippen LogP contribution in [-0.2, 0) is 16.1 Å². The van der Waals surface area contributed by atoms with Crippen LogP contribution >= 0.6 is 11.6 Å². The van der Waals surface area contributed by atoms with Crippen molar-refractivity contribution < 1.29 is 19.1 Å². The van der Waals surface area contributed by atoms with Crippen LogP contribution in [0.15, 0.2) is 18.2 Å². The Balaban J connectivity index is 1.99. The zero-order chi connectivity index (χ0) is 14.7. The molecule has 2 rings (SSSR count). The van der Waals surface area contributed by atoms with Gasteiger partial charge in [0.05, 0.1) is 6.10 Å². The first-order valence-corrected chi connectivity index (χ1v) is 6.54. The van der Waals surface area contributed by atoms with E-state index in [0.717, 1.165) is 6.07 Å². The van der Waals surface area contributed by atoms with Gasteiger partial charge in [0.2, 0.25) is 11.8 Å². The Morgan fingerprint density at radius 2 is 2.30 bits per heavy atom. The van der Waals surface area contributed by atoms with Crippen molar-refractivity contribution in [3.63, 3.8) is 0 Å². The number of piperidine rings is 1. The summed E-state index contributed by atoms with van der Waals surface area (Å²) in [6.07, 6.45) is -0.659. The van der Waals surface area contributed by atoms with Gasteiger partial charge in [0.25, 0.3) is 0 Å². The summed E-state index contributed by atoms with van der Waals surface area (Å²) in [5.74, 6) is -2.66.